The molecule has 1 aliphatic heterocycles. The van der Waals surface area contributed by atoms with E-state index in [9.17, 15) is 0 Å². The number of nitrogens with zero attached hydrogens (tertiary/aromatic N) is 4. The Morgan fingerprint density at radius 2 is 2.13 bits per heavy atom. The lowest BCUT2D eigenvalue weighted by Crippen LogP contribution is -2.30. The van der Waals surface area contributed by atoms with Gasteiger partial charge in [-0.15, -0.1) is 0 Å². The molecule has 15 heavy (non-hydrogen) atoms. The van der Waals surface area contributed by atoms with Gasteiger partial charge in [-0.1, -0.05) is 6.92 Å². The number of likely N-dealkylation sites (N-methyl/N-ethyl adjacent to an activating group) is 1. The van der Waals surface area contributed by atoms with E-state index in [0.717, 1.165) is 32.0 Å². The Morgan fingerprint density at radius 3 is 2.87 bits per heavy atom. The average Bonchev–Trinajstić information content (AvgIpc) is 2.41. The summed E-state index contributed by atoms with van der Waals surface area (Å²) in [6.45, 7) is 6.66. The van der Waals surface area contributed by atoms with Gasteiger partial charge in [-0.3, -0.25) is 4.98 Å². The van der Waals surface area contributed by atoms with Crippen LogP contribution < -0.4 is 4.90 Å². The highest BCUT2D eigenvalue weighted by Crippen LogP contribution is 2.14. The molecule has 1 saturated heterocycles. The van der Waals surface area contributed by atoms with Gasteiger partial charge in [0.15, 0.2) is 0 Å². The molecule has 82 valence electrons. The van der Waals surface area contributed by atoms with Crippen molar-refractivity contribution in [3.8, 4) is 0 Å². The summed E-state index contributed by atoms with van der Waals surface area (Å²) < 4.78 is 0. The molecule has 4 heteroatoms. The summed E-state index contributed by atoms with van der Waals surface area (Å²) in [5.41, 5.74) is 0. The van der Waals surface area contributed by atoms with Crippen LogP contribution in [0.2, 0.25) is 0 Å². The molecule has 2 rings (SSSR count). The zero-order valence-electron chi connectivity index (χ0n) is 9.43. The Kier molecular flexibility index (Phi) is 3.16. The maximum Gasteiger partial charge on any atom is 0.147 e. The van der Waals surface area contributed by atoms with E-state index in [1.165, 1.54) is 0 Å². The monoisotopic (exact) mass is 206 g/mol. The van der Waals surface area contributed by atoms with E-state index in [4.69, 9.17) is 0 Å². The first kappa shape index (κ1) is 10.4. The van der Waals surface area contributed by atoms with Gasteiger partial charge in [0.2, 0.25) is 0 Å². The van der Waals surface area contributed by atoms with Crippen LogP contribution in [0.15, 0.2) is 18.6 Å². The van der Waals surface area contributed by atoms with Crippen LogP contribution in [0, 0.1) is 5.92 Å². The quantitative estimate of drug-likeness (QED) is 0.682. The van der Waals surface area contributed by atoms with Crippen molar-refractivity contribution in [3.63, 3.8) is 0 Å². The lowest BCUT2D eigenvalue weighted by molar-refractivity contribution is 0.321. The molecule has 1 atom stereocenters. The van der Waals surface area contributed by atoms with E-state index in [2.05, 4.69) is 33.7 Å². The Balaban J connectivity index is 2.09. The van der Waals surface area contributed by atoms with E-state index in [1.54, 1.807) is 12.4 Å². The largest absolute Gasteiger partial charge is 0.354 e. The molecule has 0 amide bonds. The first-order valence-electron chi connectivity index (χ1n) is 5.45. The SMILES string of the molecule is CC1CN(C)CCN(c2cnccn2)C1. The lowest BCUT2D eigenvalue weighted by Gasteiger charge is -2.22. The minimum absolute atomic E-state index is 0.680. The highest BCUT2D eigenvalue weighted by Gasteiger charge is 2.18. The molecule has 2 heterocycles. The molecule has 0 saturated carbocycles. The summed E-state index contributed by atoms with van der Waals surface area (Å²) in [5, 5.41) is 0. The highest BCUT2D eigenvalue weighted by atomic mass is 15.2. The van der Waals surface area contributed by atoms with Crippen LogP contribution in [-0.4, -0.2) is 48.1 Å². The van der Waals surface area contributed by atoms with Crippen LogP contribution in [0.3, 0.4) is 0 Å². The number of aromatic nitrogens is 2. The maximum absolute atomic E-state index is 4.35. The predicted octanol–water partition coefficient (Wildman–Crippen LogP) is 0.864. The van der Waals surface area contributed by atoms with Crippen LogP contribution in [-0.2, 0) is 0 Å². The Bertz CT molecular complexity index is 301. The molecule has 1 unspecified atom stereocenters. The first-order chi connectivity index (χ1) is 7.25. The van der Waals surface area contributed by atoms with Crippen LogP contribution in [0.4, 0.5) is 5.82 Å². The van der Waals surface area contributed by atoms with Gasteiger partial charge < -0.3 is 9.80 Å². The fraction of sp³-hybridized carbons (Fsp3) is 0.636. The Morgan fingerprint density at radius 1 is 1.27 bits per heavy atom. The van der Waals surface area contributed by atoms with E-state index in [0.29, 0.717) is 5.92 Å². The van der Waals surface area contributed by atoms with Gasteiger partial charge in [-0.05, 0) is 13.0 Å². The van der Waals surface area contributed by atoms with Crippen molar-refractivity contribution in [3.05, 3.63) is 18.6 Å². The van der Waals surface area contributed by atoms with Crippen molar-refractivity contribution < 1.29 is 0 Å². The molecule has 0 radical (unpaired) electrons. The van der Waals surface area contributed by atoms with Gasteiger partial charge in [0.25, 0.3) is 0 Å². The second kappa shape index (κ2) is 4.57. The third-order valence-corrected chi connectivity index (χ3v) is 2.78. The molecule has 0 spiro atoms. The molecule has 1 aromatic rings. The number of hydrogen-bond donors (Lipinski definition) is 0. The predicted molar refractivity (Wildman–Crippen MR) is 60.9 cm³/mol. The van der Waals surface area contributed by atoms with Gasteiger partial charge in [0.1, 0.15) is 5.82 Å². The van der Waals surface area contributed by atoms with E-state index in [-0.39, 0.29) is 0 Å². The van der Waals surface area contributed by atoms with Gasteiger partial charge in [0, 0.05) is 38.6 Å². The van der Waals surface area contributed by atoms with E-state index in [1.807, 2.05) is 6.20 Å². The smallest absolute Gasteiger partial charge is 0.147 e. The molecule has 0 aliphatic carbocycles. The van der Waals surface area contributed by atoms with Crippen molar-refractivity contribution in [2.24, 2.45) is 5.92 Å². The third-order valence-electron chi connectivity index (χ3n) is 2.78. The molecule has 1 aromatic heterocycles. The summed E-state index contributed by atoms with van der Waals surface area (Å²) in [5.74, 6) is 1.68. The van der Waals surface area contributed by atoms with Crippen molar-refractivity contribution in [1.82, 2.24) is 14.9 Å². The Labute approximate surface area is 90.9 Å². The molecule has 4 nitrogen and oxygen atoms in total. The van der Waals surface area contributed by atoms with Crippen molar-refractivity contribution in [2.45, 2.75) is 6.92 Å². The van der Waals surface area contributed by atoms with Crippen LogP contribution in [0.1, 0.15) is 6.92 Å². The summed E-state index contributed by atoms with van der Waals surface area (Å²) in [6, 6.07) is 0. The topological polar surface area (TPSA) is 32.3 Å². The summed E-state index contributed by atoms with van der Waals surface area (Å²) in [6.07, 6.45) is 5.32. The second-order valence-electron chi connectivity index (χ2n) is 4.38. The molecule has 0 bridgehead atoms. The highest BCUT2D eigenvalue weighted by molar-refractivity contribution is 5.35. The maximum atomic E-state index is 4.35. The van der Waals surface area contributed by atoms with Crippen LogP contribution >= 0.6 is 0 Å². The standard InChI is InChI=1S/C11H18N4/c1-10-8-14(2)5-6-15(9-10)11-7-12-3-4-13-11/h3-4,7,10H,5-6,8-9H2,1-2H3. The Hall–Kier alpha value is -1.16. The van der Waals surface area contributed by atoms with Gasteiger partial charge in [0.05, 0.1) is 6.20 Å². The summed E-state index contributed by atoms with van der Waals surface area (Å²) in [4.78, 5) is 13.2. The van der Waals surface area contributed by atoms with Crippen LogP contribution in [0.25, 0.3) is 0 Å². The summed E-state index contributed by atoms with van der Waals surface area (Å²) >= 11 is 0. The lowest BCUT2D eigenvalue weighted by atomic mass is 10.1. The molecular formula is C11H18N4. The minimum Gasteiger partial charge on any atom is -0.354 e. The van der Waals surface area contributed by atoms with Crippen molar-refractivity contribution in [2.75, 3.05) is 38.1 Å². The van der Waals surface area contributed by atoms with Gasteiger partial charge in [-0.2, -0.15) is 0 Å². The third kappa shape index (κ3) is 2.65. The fourth-order valence-corrected chi connectivity index (χ4v) is 2.10. The molecule has 1 aliphatic rings. The molecule has 1 fully saturated rings. The second-order valence-corrected chi connectivity index (χ2v) is 4.38. The molecule has 0 aromatic carbocycles. The first-order valence-corrected chi connectivity index (χ1v) is 5.45. The minimum atomic E-state index is 0.680. The fourth-order valence-electron chi connectivity index (χ4n) is 2.10. The zero-order chi connectivity index (χ0) is 10.7. The number of rotatable bonds is 1. The van der Waals surface area contributed by atoms with Crippen molar-refractivity contribution >= 4 is 5.82 Å². The molecular weight excluding hydrogens is 188 g/mol. The van der Waals surface area contributed by atoms with E-state index < -0.39 is 0 Å². The van der Waals surface area contributed by atoms with Gasteiger partial charge >= 0.3 is 0 Å². The van der Waals surface area contributed by atoms with Crippen LogP contribution in [0.5, 0.6) is 0 Å². The molecule has 0 N–H and O–H groups in total. The zero-order valence-corrected chi connectivity index (χ0v) is 9.43. The number of anilines is 1. The number of hydrogen-bond acceptors (Lipinski definition) is 4. The normalized spacial score (nSPS) is 23.9. The average molecular weight is 206 g/mol. The van der Waals surface area contributed by atoms with E-state index >= 15 is 0 Å². The van der Waals surface area contributed by atoms with Crippen molar-refractivity contribution in [1.29, 1.82) is 0 Å². The summed E-state index contributed by atoms with van der Waals surface area (Å²) in [7, 11) is 2.18. The van der Waals surface area contributed by atoms with Gasteiger partial charge in [-0.25, -0.2) is 4.98 Å².